The van der Waals surface area contributed by atoms with E-state index in [1.54, 1.807) is 13.3 Å². The number of hydrogen-bond acceptors (Lipinski definition) is 5. The third-order valence-corrected chi connectivity index (χ3v) is 4.21. The number of aryl methyl sites for hydroxylation is 2. The van der Waals surface area contributed by atoms with Gasteiger partial charge in [0.25, 0.3) is 0 Å². The zero-order valence-corrected chi connectivity index (χ0v) is 14.8. The van der Waals surface area contributed by atoms with E-state index in [-0.39, 0.29) is 12.0 Å². The second-order valence-corrected chi connectivity index (χ2v) is 6.26. The number of ether oxygens (including phenoxy) is 2. The number of carbonyl (C=O) groups excluding carboxylic acids is 1. The van der Waals surface area contributed by atoms with Gasteiger partial charge in [-0.15, -0.1) is 0 Å². The normalized spacial score (nSPS) is 15.6. The predicted molar refractivity (Wildman–Crippen MR) is 94.6 cm³/mol. The molecule has 6 nitrogen and oxygen atoms in total. The summed E-state index contributed by atoms with van der Waals surface area (Å²) in [5.74, 6) is 0.853. The van der Waals surface area contributed by atoms with Crippen LogP contribution in [0.5, 0.6) is 5.75 Å². The molecule has 1 N–H and O–H groups in total. The number of amides is 1. The molecule has 1 amide bonds. The van der Waals surface area contributed by atoms with Crippen molar-refractivity contribution in [2.75, 3.05) is 20.3 Å². The maximum absolute atomic E-state index is 11.7. The molecule has 132 valence electrons. The summed E-state index contributed by atoms with van der Waals surface area (Å²) in [5.41, 5.74) is 4.89. The van der Waals surface area contributed by atoms with Crippen LogP contribution in [0.4, 0.5) is 0 Å². The van der Waals surface area contributed by atoms with Gasteiger partial charge in [-0.05, 0) is 37.6 Å². The van der Waals surface area contributed by atoms with Crippen LogP contribution in [0.25, 0.3) is 11.3 Å². The van der Waals surface area contributed by atoms with Crippen LogP contribution >= 0.6 is 0 Å². The van der Waals surface area contributed by atoms with E-state index in [9.17, 15) is 4.79 Å². The van der Waals surface area contributed by atoms with Crippen molar-refractivity contribution in [2.45, 2.75) is 32.8 Å². The minimum absolute atomic E-state index is 0.0206. The Hall–Kier alpha value is -2.47. The molecule has 1 aromatic heterocycles. The molecule has 0 saturated heterocycles. The first kappa shape index (κ1) is 17.4. The van der Waals surface area contributed by atoms with E-state index in [1.807, 2.05) is 26.0 Å². The maximum Gasteiger partial charge on any atom is 0.222 e. The lowest BCUT2D eigenvalue weighted by Crippen LogP contribution is -2.34. The lowest BCUT2D eigenvalue weighted by molar-refractivity contribution is -0.122. The van der Waals surface area contributed by atoms with Crippen LogP contribution in [-0.4, -0.2) is 42.2 Å². The van der Waals surface area contributed by atoms with Gasteiger partial charge in [-0.1, -0.05) is 0 Å². The Morgan fingerprint density at radius 1 is 1.40 bits per heavy atom. The molecule has 0 radical (unpaired) electrons. The molecule has 2 heterocycles. The lowest BCUT2D eigenvalue weighted by Gasteiger charge is -2.11. The van der Waals surface area contributed by atoms with Crippen molar-refractivity contribution in [3.63, 3.8) is 0 Å². The number of nitrogens with zero attached hydrogens (tertiary/aromatic N) is 2. The Kier molecular flexibility index (Phi) is 5.28. The van der Waals surface area contributed by atoms with Gasteiger partial charge in [-0.2, -0.15) is 0 Å². The van der Waals surface area contributed by atoms with Crippen LogP contribution in [-0.2, 0) is 16.0 Å². The third kappa shape index (κ3) is 4.14. The van der Waals surface area contributed by atoms with Crippen molar-refractivity contribution in [1.82, 2.24) is 15.3 Å². The number of rotatable bonds is 6. The molecule has 25 heavy (non-hydrogen) atoms. The highest BCUT2D eigenvalue weighted by molar-refractivity contribution is 5.76. The zero-order chi connectivity index (χ0) is 17.8. The van der Waals surface area contributed by atoms with Crippen molar-refractivity contribution in [3.8, 4) is 17.0 Å². The van der Waals surface area contributed by atoms with Gasteiger partial charge in [0.1, 0.15) is 11.9 Å². The van der Waals surface area contributed by atoms with E-state index in [2.05, 4.69) is 21.4 Å². The van der Waals surface area contributed by atoms with E-state index in [1.165, 1.54) is 0 Å². The first-order chi connectivity index (χ1) is 12.1. The second-order valence-electron chi connectivity index (χ2n) is 6.26. The number of benzene rings is 1. The van der Waals surface area contributed by atoms with Gasteiger partial charge in [-0.3, -0.25) is 9.78 Å². The minimum atomic E-state index is -0.0403. The Balaban J connectivity index is 1.67. The molecular weight excluding hydrogens is 318 g/mol. The molecule has 1 aliphatic rings. The fraction of sp³-hybridized carbons (Fsp3) is 0.421. The average Bonchev–Trinajstić information content (AvgIpc) is 3.02. The van der Waals surface area contributed by atoms with E-state index in [4.69, 9.17) is 9.47 Å². The van der Waals surface area contributed by atoms with Crippen LogP contribution in [0, 0.1) is 13.8 Å². The zero-order valence-electron chi connectivity index (χ0n) is 14.8. The van der Waals surface area contributed by atoms with E-state index in [0.29, 0.717) is 19.6 Å². The summed E-state index contributed by atoms with van der Waals surface area (Å²) in [6.45, 7) is 4.83. The molecule has 3 rings (SSSR count). The van der Waals surface area contributed by atoms with Gasteiger partial charge in [0.05, 0.1) is 30.2 Å². The quantitative estimate of drug-likeness (QED) is 0.872. The molecule has 1 atom stereocenters. The summed E-state index contributed by atoms with van der Waals surface area (Å²) in [5, 5.41) is 2.89. The predicted octanol–water partition coefficient (Wildman–Crippen LogP) is 2.22. The fourth-order valence-corrected chi connectivity index (χ4v) is 2.90. The Labute approximate surface area is 147 Å². The number of carbonyl (C=O) groups is 1. The molecule has 0 spiro atoms. The van der Waals surface area contributed by atoms with Gasteiger partial charge in [-0.25, -0.2) is 4.98 Å². The third-order valence-electron chi connectivity index (χ3n) is 4.21. The minimum Gasteiger partial charge on any atom is -0.488 e. The Morgan fingerprint density at radius 3 is 3.04 bits per heavy atom. The van der Waals surface area contributed by atoms with Crippen LogP contribution in [0.3, 0.4) is 0 Å². The Morgan fingerprint density at radius 2 is 2.24 bits per heavy atom. The van der Waals surface area contributed by atoms with Gasteiger partial charge in [0, 0.05) is 31.7 Å². The molecule has 1 aliphatic heterocycles. The van der Waals surface area contributed by atoms with Crippen molar-refractivity contribution >= 4 is 5.91 Å². The average molecular weight is 341 g/mol. The molecule has 0 aliphatic carbocycles. The topological polar surface area (TPSA) is 73.3 Å². The van der Waals surface area contributed by atoms with Gasteiger partial charge in [0.2, 0.25) is 5.91 Å². The first-order valence-corrected chi connectivity index (χ1v) is 8.42. The van der Waals surface area contributed by atoms with Gasteiger partial charge < -0.3 is 14.8 Å². The smallest absolute Gasteiger partial charge is 0.222 e. The standard InChI is InChI=1S/C19H23N3O3/c1-12-10-20-13(2)19(22-12)14-4-5-17-15(8-14)9-16(25-17)11-21-18(23)6-7-24-3/h4-5,8,10,16H,6-7,9,11H2,1-3H3,(H,21,23). The molecular formula is C19H23N3O3. The lowest BCUT2D eigenvalue weighted by atomic mass is 10.0. The largest absolute Gasteiger partial charge is 0.488 e. The highest BCUT2D eigenvalue weighted by atomic mass is 16.5. The highest BCUT2D eigenvalue weighted by Crippen LogP contribution is 2.33. The summed E-state index contributed by atoms with van der Waals surface area (Å²) >= 11 is 0. The van der Waals surface area contributed by atoms with E-state index >= 15 is 0 Å². The summed E-state index contributed by atoms with van der Waals surface area (Å²) in [6, 6.07) is 6.09. The number of methoxy groups -OCH3 is 1. The maximum atomic E-state index is 11.7. The van der Waals surface area contributed by atoms with E-state index < -0.39 is 0 Å². The number of hydrogen-bond donors (Lipinski definition) is 1. The second kappa shape index (κ2) is 7.61. The molecule has 0 fully saturated rings. The summed E-state index contributed by atoms with van der Waals surface area (Å²) in [6.07, 6.45) is 2.87. The van der Waals surface area contributed by atoms with Crippen LogP contribution in [0.2, 0.25) is 0 Å². The molecule has 0 saturated carbocycles. The number of fused-ring (bicyclic) bond motifs is 1. The van der Waals surface area contributed by atoms with Crippen LogP contribution in [0.1, 0.15) is 23.4 Å². The molecule has 2 aromatic rings. The first-order valence-electron chi connectivity index (χ1n) is 8.42. The van der Waals surface area contributed by atoms with Crippen molar-refractivity contribution in [2.24, 2.45) is 0 Å². The summed E-state index contributed by atoms with van der Waals surface area (Å²) < 4.78 is 10.8. The number of aromatic nitrogens is 2. The molecule has 1 unspecified atom stereocenters. The van der Waals surface area contributed by atoms with E-state index in [0.717, 1.165) is 40.4 Å². The highest BCUT2D eigenvalue weighted by Gasteiger charge is 2.24. The van der Waals surface area contributed by atoms with Crippen molar-refractivity contribution < 1.29 is 14.3 Å². The molecule has 6 heteroatoms. The van der Waals surface area contributed by atoms with Crippen LogP contribution in [0.15, 0.2) is 24.4 Å². The molecule has 1 aromatic carbocycles. The van der Waals surface area contributed by atoms with Crippen molar-refractivity contribution in [1.29, 1.82) is 0 Å². The molecule has 0 bridgehead atoms. The Bertz CT molecular complexity index is 777. The van der Waals surface area contributed by atoms with Gasteiger partial charge >= 0.3 is 0 Å². The number of nitrogens with one attached hydrogen (secondary N) is 1. The monoisotopic (exact) mass is 341 g/mol. The summed E-state index contributed by atoms with van der Waals surface area (Å²) in [7, 11) is 1.59. The van der Waals surface area contributed by atoms with Crippen LogP contribution < -0.4 is 10.1 Å². The van der Waals surface area contributed by atoms with Gasteiger partial charge in [0.15, 0.2) is 0 Å². The summed E-state index contributed by atoms with van der Waals surface area (Å²) in [4.78, 5) is 20.7. The van der Waals surface area contributed by atoms with Crippen molar-refractivity contribution in [3.05, 3.63) is 41.3 Å². The fourth-order valence-electron chi connectivity index (χ4n) is 2.90. The SMILES string of the molecule is COCCC(=O)NCC1Cc2cc(-c3nc(C)cnc3C)ccc2O1.